The number of carbonyl (C=O) groups is 4. The molecule has 4 N–H and O–H groups in total. The quantitative estimate of drug-likeness (QED) is 0.103. The number of hydrogen-bond acceptors (Lipinski definition) is 9. The number of H-pyrrole nitrogens is 2. The number of hydrogen-bond donors (Lipinski definition) is 4. The molecular weight excluding hydrogens is 789 g/mol. The van der Waals surface area contributed by atoms with Gasteiger partial charge in [-0.3, -0.25) is 9.59 Å². The Morgan fingerprint density at radius 2 is 1.23 bits per heavy atom. The molecule has 15 nitrogen and oxygen atoms in total. The summed E-state index contributed by atoms with van der Waals surface area (Å²) in [7, 11) is 4.26. The fraction of sp³-hybridized carbons (Fsp3) is 0.447. The van der Waals surface area contributed by atoms with Gasteiger partial charge in [0.05, 0.1) is 55.0 Å². The molecule has 4 amide bonds. The van der Waals surface area contributed by atoms with Crippen molar-refractivity contribution in [2.75, 3.05) is 34.5 Å². The number of ether oxygens (including phenoxy) is 3. The smallest absolute Gasteiger partial charge is 0.407 e. The zero-order valence-electron chi connectivity index (χ0n) is 36.2. The molecule has 15 heteroatoms. The second-order valence-corrected chi connectivity index (χ2v) is 17.9. The Balaban J connectivity index is 0.987. The number of fused-ring (bicyclic) bond motifs is 7. The predicted octanol–water partition coefficient (Wildman–Crippen LogP) is 7.37. The standard InChI is InChI=1S/C47H54N8O7/c1-23(2)38(52-46(58)61-6)44(56)54-21-25(22-60-5)16-36(54)42-48-33-14-10-28-17-26(8-12-31(28)40(33)50-42)27-9-13-32-29(18-27)11-15-34-41(32)51-43(49-34)37-20-30-19-35(30)55(37)45(57)39(24(3)4)53-47(59)62-7/h8-15,17-18,23-25,30,35-39H,16,19-22H2,1-7H3,(H,48,50)(H,49,51)(H,52,58)(H,53,59)/t25-,30+,35+,36-,37-,38-,39-/m0/s1. The molecule has 4 heterocycles. The number of alkyl carbamates (subject to hydrolysis) is 2. The third-order valence-corrected chi connectivity index (χ3v) is 13.2. The van der Waals surface area contributed by atoms with Crippen molar-refractivity contribution in [1.29, 1.82) is 0 Å². The Hall–Kier alpha value is -6.22. The monoisotopic (exact) mass is 842 g/mol. The summed E-state index contributed by atoms with van der Waals surface area (Å²) < 4.78 is 15.2. The fourth-order valence-corrected chi connectivity index (χ4v) is 9.87. The minimum atomic E-state index is -0.750. The molecule has 4 aromatic carbocycles. The number of piperidine rings is 1. The number of imidazole rings is 2. The van der Waals surface area contributed by atoms with Gasteiger partial charge in [-0.05, 0) is 83.2 Å². The summed E-state index contributed by atoms with van der Waals surface area (Å²) in [6.45, 7) is 8.65. The van der Waals surface area contributed by atoms with E-state index in [-0.39, 0.29) is 47.7 Å². The number of methoxy groups -OCH3 is 3. The molecule has 6 aromatic rings. The number of aromatic amines is 2. The molecule has 2 saturated heterocycles. The van der Waals surface area contributed by atoms with Gasteiger partial charge >= 0.3 is 12.2 Å². The number of likely N-dealkylation sites (tertiary alicyclic amines) is 2. The van der Waals surface area contributed by atoms with Gasteiger partial charge < -0.3 is 44.6 Å². The van der Waals surface area contributed by atoms with Crippen molar-refractivity contribution >= 4 is 67.6 Å². The van der Waals surface area contributed by atoms with E-state index in [4.69, 9.17) is 24.2 Å². The van der Waals surface area contributed by atoms with Crippen LogP contribution in [0.2, 0.25) is 0 Å². The molecule has 3 aliphatic rings. The summed E-state index contributed by atoms with van der Waals surface area (Å²) in [5, 5.41) is 9.67. The average Bonchev–Trinajstić information content (AvgIpc) is 3.69. The van der Waals surface area contributed by atoms with E-state index >= 15 is 0 Å². The first kappa shape index (κ1) is 41.1. The Morgan fingerprint density at radius 1 is 0.694 bits per heavy atom. The van der Waals surface area contributed by atoms with Crippen LogP contribution in [0, 0.1) is 23.7 Å². The first-order chi connectivity index (χ1) is 29.9. The molecule has 3 fully saturated rings. The molecule has 1 saturated carbocycles. The highest BCUT2D eigenvalue weighted by Gasteiger charge is 2.56. The molecule has 62 heavy (non-hydrogen) atoms. The largest absolute Gasteiger partial charge is 0.453 e. The molecule has 2 aromatic heterocycles. The predicted molar refractivity (Wildman–Crippen MR) is 235 cm³/mol. The topological polar surface area (TPSA) is 184 Å². The van der Waals surface area contributed by atoms with E-state index in [9.17, 15) is 19.2 Å². The van der Waals surface area contributed by atoms with Crippen LogP contribution in [0.25, 0.3) is 54.7 Å². The maximum absolute atomic E-state index is 14.0. The van der Waals surface area contributed by atoms with Gasteiger partial charge in [-0.15, -0.1) is 0 Å². The molecule has 2 aliphatic heterocycles. The summed E-state index contributed by atoms with van der Waals surface area (Å²) in [5.74, 6) is 1.46. The van der Waals surface area contributed by atoms with Crippen LogP contribution in [0.4, 0.5) is 9.59 Å². The molecule has 9 rings (SSSR count). The molecule has 324 valence electrons. The van der Waals surface area contributed by atoms with Crippen molar-refractivity contribution in [2.24, 2.45) is 23.7 Å². The first-order valence-electron chi connectivity index (χ1n) is 21.5. The van der Waals surface area contributed by atoms with Gasteiger partial charge in [-0.1, -0.05) is 64.1 Å². The van der Waals surface area contributed by atoms with E-state index in [1.54, 1.807) is 7.11 Å². The van der Waals surface area contributed by atoms with Crippen molar-refractivity contribution in [2.45, 2.75) is 77.2 Å². The highest BCUT2D eigenvalue weighted by molar-refractivity contribution is 6.07. The lowest BCUT2D eigenvalue weighted by Gasteiger charge is -2.31. The van der Waals surface area contributed by atoms with E-state index in [0.717, 1.165) is 73.4 Å². The zero-order valence-corrected chi connectivity index (χ0v) is 36.2. The van der Waals surface area contributed by atoms with Crippen LogP contribution < -0.4 is 10.6 Å². The lowest BCUT2D eigenvalue weighted by Crippen LogP contribution is -2.52. The van der Waals surface area contributed by atoms with Crippen LogP contribution in [0.5, 0.6) is 0 Å². The van der Waals surface area contributed by atoms with Gasteiger partial charge in [-0.25, -0.2) is 19.6 Å². The number of amides is 4. The first-order valence-corrected chi connectivity index (χ1v) is 21.5. The van der Waals surface area contributed by atoms with E-state index < -0.39 is 24.3 Å². The number of aromatic nitrogens is 4. The van der Waals surface area contributed by atoms with Crippen molar-refractivity contribution < 1.29 is 33.4 Å². The van der Waals surface area contributed by atoms with E-state index in [2.05, 4.69) is 69.1 Å². The maximum Gasteiger partial charge on any atom is 0.407 e. The summed E-state index contributed by atoms with van der Waals surface area (Å²) in [4.78, 5) is 73.4. The van der Waals surface area contributed by atoms with Gasteiger partial charge in [0.15, 0.2) is 0 Å². The highest BCUT2D eigenvalue weighted by Crippen LogP contribution is 2.53. The average molecular weight is 843 g/mol. The summed E-state index contributed by atoms with van der Waals surface area (Å²) in [5.41, 5.74) is 5.61. The van der Waals surface area contributed by atoms with Crippen LogP contribution in [0.15, 0.2) is 60.7 Å². The minimum Gasteiger partial charge on any atom is -0.453 e. The highest BCUT2D eigenvalue weighted by atomic mass is 16.5. The maximum atomic E-state index is 14.0. The number of benzene rings is 4. The number of rotatable bonds is 11. The molecule has 1 aliphatic carbocycles. The summed E-state index contributed by atoms with van der Waals surface area (Å²) in [6, 6.07) is 19.3. The van der Waals surface area contributed by atoms with Crippen LogP contribution in [0.1, 0.15) is 70.7 Å². The van der Waals surface area contributed by atoms with Crippen LogP contribution in [0.3, 0.4) is 0 Å². The molecule has 0 spiro atoms. The Bertz CT molecular complexity index is 2720. The SMILES string of the molecule is COC[C@H]1C[C@@H](c2nc3ccc4cc(-c5ccc6c(ccc7nc([C@@H]8C[C@H]9C[C@H]9N8C(=O)[C@@H](NC(=O)OC)C(C)C)[nH]c76)c5)ccc4c3[nH]2)N(C(=O)[C@@H](NC(=O)OC)C(C)C)C1. The number of nitrogens with one attached hydrogen (secondary N) is 4. The number of carbonyl (C=O) groups excluding carboxylic acids is 4. The van der Waals surface area contributed by atoms with Gasteiger partial charge in [0.1, 0.15) is 23.7 Å². The van der Waals surface area contributed by atoms with Gasteiger partial charge in [0.25, 0.3) is 0 Å². The molecule has 7 atom stereocenters. The number of nitrogens with zero attached hydrogens (tertiary/aromatic N) is 4. The lowest BCUT2D eigenvalue weighted by atomic mass is 9.98. The third-order valence-electron chi connectivity index (χ3n) is 13.2. The molecular formula is C47H54N8O7. The molecule has 0 radical (unpaired) electrons. The van der Waals surface area contributed by atoms with Crippen molar-refractivity contribution in [3.63, 3.8) is 0 Å². The third kappa shape index (κ3) is 7.35. The molecule has 0 bridgehead atoms. The Kier molecular flexibility index (Phi) is 10.8. The van der Waals surface area contributed by atoms with E-state index in [1.165, 1.54) is 14.2 Å². The Labute approximate surface area is 359 Å². The van der Waals surface area contributed by atoms with Gasteiger partial charge in [-0.2, -0.15) is 0 Å². The zero-order chi connectivity index (χ0) is 43.6. The summed E-state index contributed by atoms with van der Waals surface area (Å²) >= 11 is 0. The second kappa shape index (κ2) is 16.2. The van der Waals surface area contributed by atoms with Gasteiger partial charge in [0.2, 0.25) is 11.8 Å². The van der Waals surface area contributed by atoms with E-state index in [0.29, 0.717) is 31.3 Å². The van der Waals surface area contributed by atoms with Crippen molar-refractivity contribution in [3.05, 3.63) is 72.3 Å². The van der Waals surface area contributed by atoms with Crippen LogP contribution in [-0.2, 0) is 23.8 Å². The van der Waals surface area contributed by atoms with Gasteiger partial charge in [0, 0.05) is 36.4 Å². The van der Waals surface area contributed by atoms with Crippen LogP contribution in [-0.4, -0.2) is 106 Å². The fourth-order valence-electron chi connectivity index (χ4n) is 9.87. The second-order valence-electron chi connectivity index (χ2n) is 17.9. The van der Waals surface area contributed by atoms with E-state index in [1.807, 2.05) is 49.6 Å². The van der Waals surface area contributed by atoms with Crippen molar-refractivity contribution in [1.82, 2.24) is 40.4 Å². The molecule has 0 unspecified atom stereocenters. The normalized spacial score (nSPS) is 21.9. The summed E-state index contributed by atoms with van der Waals surface area (Å²) in [6.07, 6.45) is 1.21. The van der Waals surface area contributed by atoms with Crippen LogP contribution >= 0.6 is 0 Å². The van der Waals surface area contributed by atoms with Crippen molar-refractivity contribution in [3.8, 4) is 11.1 Å². The minimum absolute atomic E-state index is 0.103. The lowest BCUT2D eigenvalue weighted by molar-refractivity contribution is -0.137. The Morgan fingerprint density at radius 3 is 1.74 bits per heavy atom.